The number of nitrogens with zero attached hydrogens (tertiary/aromatic N) is 2. The van der Waals surface area contributed by atoms with Crippen molar-refractivity contribution in [2.75, 3.05) is 5.32 Å². The quantitative estimate of drug-likeness (QED) is 0.609. The van der Waals surface area contributed by atoms with E-state index in [4.69, 9.17) is 0 Å². The van der Waals surface area contributed by atoms with Gasteiger partial charge in [0.1, 0.15) is 23.0 Å². The van der Waals surface area contributed by atoms with Crippen LogP contribution in [-0.4, -0.2) is 15.7 Å². The van der Waals surface area contributed by atoms with Gasteiger partial charge < -0.3 is 5.32 Å². The molecule has 4 nitrogen and oxygen atoms in total. The zero-order valence-electron chi connectivity index (χ0n) is 15.0. The van der Waals surface area contributed by atoms with Crippen molar-refractivity contribution in [2.45, 2.75) is 13.1 Å². The Morgan fingerprint density at radius 2 is 1.72 bits per heavy atom. The topological polar surface area (TPSA) is 46.9 Å². The van der Waals surface area contributed by atoms with E-state index in [1.807, 2.05) is 0 Å². The fourth-order valence-electron chi connectivity index (χ4n) is 2.72. The van der Waals surface area contributed by atoms with Crippen molar-refractivity contribution in [3.63, 3.8) is 0 Å². The van der Waals surface area contributed by atoms with E-state index in [2.05, 4.69) is 10.4 Å². The van der Waals surface area contributed by atoms with Gasteiger partial charge in [-0.3, -0.25) is 9.48 Å². The fraction of sp³-hybridized carbons (Fsp3) is 0.158. The maximum absolute atomic E-state index is 14.5. The normalized spacial score (nSPS) is 11.6. The van der Waals surface area contributed by atoms with Gasteiger partial charge in [0.05, 0.1) is 5.69 Å². The summed E-state index contributed by atoms with van der Waals surface area (Å²) in [5.74, 6) is -4.22. The Kier molecular flexibility index (Phi) is 5.12. The molecular weight excluding hydrogens is 400 g/mol. The van der Waals surface area contributed by atoms with Crippen molar-refractivity contribution >= 4 is 11.6 Å². The minimum atomic E-state index is -4.69. The first-order valence-corrected chi connectivity index (χ1v) is 8.16. The fourth-order valence-corrected chi connectivity index (χ4v) is 2.72. The second-order valence-corrected chi connectivity index (χ2v) is 6.24. The van der Waals surface area contributed by atoms with Crippen LogP contribution in [0.1, 0.15) is 21.6 Å². The molecule has 0 saturated heterocycles. The number of hydrogen-bond acceptors (Lipinski definition) is 2. The first-order valence-electron chi connectivity index (χ1n) is 8.16. The molecule has 0 aliphatic heterocycles. The van der Waals surface area contributed by atoms with Crippen LogP contribution in [0.3, 0.4) is 0 Å². The molecule has 0 radical (unpaired) electrons. The van der Waals surface area contributed by atoms with E-state index in [-0.39, 0.29) is 22.5 Å². The molecule has 1 amide bonds. The van der Waals surface area contributed by atoms with Gasteiger partial charge in [-0.15, -0.1) is 0 Å². The summed E-state index contributed by atoms with van der Waals surface area (Å²) in [6.07, 6.45) is -4.69. The molecule has 29 heavy (non-hydrogen) atoms. The van der Waals surface area contributed by atoms with Crippen LogP contribution in [0.15, 0.2) is 36.4 Å². The number of aromatic nitrogens is 2. The number of nitrogens with one attached hydrogen (secondary N) is 1. The predicted molar refractivity (Wildman–Crippen MR) is 92.7 cm³/mol. The summed E-state index contributed by atoms with van der Waals surface area (Å²) < 4.78 is 81.6. The van der Waals surface area contributed by atoms with E-state index in [9.17, 15) is 31.1 Å². The predicted octanol–water partition coefficient (Wildman–Crippen LogP) is 5.08. The van der Waals surface area contributed by atoms with E-state index in [0.717, 1.165) is 22.9 Å². The lowest BCUT2D eigenvalue weighted by atomic mass is 10.1. The minimum absolute atomic E-state index is 0.0507. The molecule has 0 fully saturated rings. The molecular formula is C19H13F6N3O. The SMILES string of the molecule is Cc1ccc(F)c(C(=O)Nc2ccc(-c3cc(C(F)(F)F)nn3C)c(F)c2)c1F. The first kappa shape index (κ1) is 20.4. The highest BCUT2D eigenvalue weighted by molar-refractivity contribution is 6.04. The van der Waals surface area contributed by atoms with Crippen LogP contribution in [0.2, 0.25) is 0 Å². The summed E-state index contributed by atoms with van der Waals surface area (Å²) in [4.78, 5) is 12.2. The third-order valence-electron chi connectivity index (χ3n) is 4.18. The molecule has 2 aromatic carbocycles. The van der Waals surface area contributed by atoms with Crippen molar-refractivity contribution in [1.29, 1.82) is 0 Å². The number of halogens is 6. The van der Waals surface area contributed by atoms with Gasteiger partial charge in [0.2, 0.25) is 0 Å². The van der Waals surface area contributed by atoms with Crippen molar-refractivity contribution in [1.82, 2.24) is 9.78 Å². The maximum Gasteiger partial charge on any atom is 0.435 e. The zero-order valence-corrected chi connectivity index (χ0v) is 15.0. The smallest absolute Gasteiger partial charge is 0.322 e. The van der Waals surface area contributed by atoms with E-state index < -0.39 is 40.8 Å². The van der Waals surface area contributed by atoms with Gasteiger partial charge in [-0.1, -0.05) is 6.07 Å². The number of carbonyl (C=O) groups excluding carboxylic acids is 1. The number of alkyl halides is 3. The Labute approximate surface area is 160 Å². The minimum Gasteiger partial charge on any atom is -0.322 e. The molecule has 152 valence electrons. The number of rotatable bonds is 3. The molecule has 0 spiro atoms. The Morgan fingerprint density at radius 3 is 2.31 bits per heavy atom. The summed E-state index contributed by atoms with van der Waals surface area (Å²) in [6.45, 7) is 1.35. The standard InChI is InChI=1S/C19H13F6N3O/c1-9-3-6-12(20)16(17(9)22)18(29)26-10-4-5-11(13(21)7-10)14-8-15(19(23,24)25)27-28(14)2/h3-8H,1-2H3,(H,26,29). The number of anilines is 1. The Morgan fingerprint density at radius 1 is 1.03 bits per heavy atom. The van der Waals surface area contributed by atoms with E-state index in [1.54, 1.807) is 0 Å². The average Bonchev–Trinajstić information content (AvgIpc) is 3.01. The molecule has 3 aromatic rings. The van der Waals surface area contributed by atoms with Crippen molar-refractivity contribution in [3.8, 4) is 11.3 Å². The van der Waals surface area contributed by atoms with Crippen LogP contribution >= 0.6 is 0 Å². The van der Waals surface area contributed by atoms with Gasteiger partial charge in [0.25, 0.3) is 5.91 Å². The molecule has 0 aliphatic carbocycles. The third-order valence-corrected chi connectivity index (χ3v) is 4.18. The number of carbonyl (C=O) groups is 1. The van der Waals surface area contributed by atoms with E-state index in [0.29, 0.717) is 6.07 Å². The van der Waals surface area contributed by atoms with Crippen LogP contribution in [0.25, 0.3) is 11.3 Å². The van der Waals surface area contributed by atoms with Gasteiger partial charge in [0, 0.05) is 18.3 Å². The molecule has 1 heterocycles. The first-order chi connectivity index (χ1) is 13.5. The Hall–Kier alpha value is -3.30. The highest BCUT2D eigenvalue weighted by Crippen LogP contribution is 2.33. The highest BCUT2D eigenvalue weighted by atomic mass is 19.4. The molecule has 0 atom stereocenters. The number of aryl methyl sites for hydroxylation is 2. The van der Waals surface area contributed by atoms with Gasteiger partial charge in [-0.2, -0.15) is 18.3 Å². The number of benzene rings is 2. The van der Waals surface area contributed by atoms with Crippen LogP contribution in [-0.2, 0) is 13.2 Å². The monoisotopic (exact) mass is 413 g/mol. The van der Waals surface area contributed by atoms with Gasteiger partial charge in [0.15, 0.2) is 5.69 Å². The van der Waals surface area contributed by atoms with Gasteiger partial charge >= 0.3 is 6.18 Å². The zero-order chi connectivity index (χ0) is 21.5. The summed E-state index contributed by atoms with van der Waals surface area (Å²) >= 11 is 0. The number of amides is 1. The largest absolute Gasteiger partial charge is 0.435 e. The molecule has 0 bridgehead atoms. The molecule has 0 aliphatic rings. The van der Waals surface area contributed by atoms with E-state index in [1.165, 1.54) is 26.1 Å². The summed E-state index contributed by atoms with van der Waals surface area (Å²) in [5.41, 5.74) is -2.41. The maximum atomic E-state index is 14.5. The summed E-state index contributed by atoms with van der Waals surface area (Å²) in [5, 5.41) is 5.48. The van der Waals surface area contributed by atoms with Crippen LogP contribution in [0, 0.1) is 24.4 Å². The van der Waals surface area contributed by atoms with Crippen molar-refractivity contribution in [3.05, 3.63) is 70.7 Å². The Balaban J connectivity index is 1.91. The van der Waals surface area contributed by atoms with Crippen molar-refractivity contribution in [2.24, 2.45) is 7.05 Å². The average molecular weight is 413 g/mol. The Bertz CT molecular complexity index is 1100. The van der Waals surface area contributed by atoms with Gasteiger partial charge in [-0.25, -0.2) is 13.2 Å². The summed E-state index contributed by atoms with van der Waals surface area (Å²) in [7, 11) is 1.23. The molecule has 0 saturated carbocycles. The van der Waals surface area contributed by atoms with Crippen molar-refractivity contribution < 1.29 is 31.1 Å². The van der Waals surface area contributed by atoms with E-state index >= 15 is 0 Å². The van der Waals surface area contributed by atoms with Crippen LogP contribution < -0.4 is 5.32 Å². The lowest BCUT2D eigenvalue weighted by molar-refractivity contribution is -0.141. The van der Waals surface area contributed by atoms with Crippen LogP contribution in [0.4, 0.5) is 32.0 Å². The molecule has 10 heteroatoms. The molecule has 1 N–H and O–H groups in total. The molecule has 1 aromatic heterocycles. The van der Waals surface area contributed by atoms with Crippen LogP contribution in [0.5, 0.6) is 0 Å². The second kappa shape index (κ2) is 7.26. The van der Waals surface area contributed by atoms with Gasteiger partial charge in [-0.05, 0) is 42.8 Å². The lowest BCUT2D eigenvalue weighted by Crippen LogP contribution is -2.16. The second-order valence-electron chi connectivity index (χ2n) is 6.24. The highest BCUT2D eigenvalue weighted by Gasteiger charge is 2.35. The number of hydrogen-bond donors (Lipinski definition) is 1. The third kappa shape index (κ3) is 3.96. The summed E-state index contributed by atoms with van der Waals surface area (Å²) in [6, 6.07) is 5.94. The lowest BCUT2D eigenvalue weighted by Gasteiger charge is -2.10. The molecule has 3 rings (SSSR count). The molecule has 0 unspecified atom stereocenters.